The molecule has 1 aromatic heterocycles. The molecule has 0 aliphatic rings. The van der Waals surface area contributed by atoms with E-state index in [2.05, 4.69) is 15.0 Å². The zero-order chi connectivity index (χ0) is 22.5. The summed E-state index contributed by atoms with van der Waals surface area (Å²) >= 11 is 0. The molecule has 0 spiro atoms. The van der Waals surface area contributed by atoms with E-state index in [0.717, 1.165) is 0 Å². The molecular formula is C16H21N5O7S2. The molecule has 0 aliphatic heterocycles. The van der Waals surface area contributed by atoms with Gasteiger partial charge in [-0.15, -0.1) is 0 Å². The van der Waals surface area contributed by atoms with Crippen LogP contribution in [-0.2, 0) is 41.4 Å². The Morgan fingerprint density at radius 2 is 1.80 bits per heavy atom. The van der Waals surface area contributed by atoms with Gasteiger partial charge < -0.3 is 14.6 Å². The van der Waals surface area contributed by atoms with Crippen LogP contribution in [0.5, 0.6) is 0 Å². The van der Waals surface area contributed by atoms with Crippen LogP contribution < -0.4 is 15.2 Å². The van der Waals surface area contributed by atoms with E-state index in [0.29, 0.717) is 5.82 Å². The second-order valence-electron chi connectivity index (χ2n) is 6.16. The van der Waals surface area contributed by atoms with Gasteiger partial charge in [0.2, 0.25) is 10.0 Å². The zero-order valence-electron chi connectivity index (χ0n) is 16.2. The standard InChI is InChI=1S/C16H21N5O7S2/c1-11-19-15(9-21(11)2)30(26,27)18-8-7-16(23)28-10-14(22)20-12-3-5-13(6-4-12)29(17,24)25/h3-6,9,18H,7-8,10H2,1-2H3,(H,20,22)(H2,17,24,25). The Morgan fingerprint density at radius 1 is 1.17 bits per heavy atom. The van der Waals surface area contributed by atoms with Crippen molar-refractivity contribution in [1.29, 1.82) is 0 Å². The molecule has 1 heterocycles. The Hall–Kier alpha value is -2.81. The number of benzene rings is 1. The Balaban J connectivity index is 1.75. The van der Waals surface area contributed by atoms with Gasteiger partial charge >= 0.3 is 5.97 Å². The molecule has 0 aliphatic carbocycles. The van der Waals surface area contributed by atoms with Crippen molar-refractivity contribution in [3.05, 3.63) is 36.3 Å². The number of ether oxygens (including phenoxy) is 1. The van der Waals surface area contributed by atoms with Crippen molar-refractivity contribution in [2.24, 2.45) is 12.2 Å². The smallest absolute Gasteiger partial charge is 0.307 e. The molecule has 1 amide bonds. The second kappa shape index (κ2) is 9.34. The van der Waals surface area contributed by atoms with Crippen molar-refractivity contribution in [2.45, 2.75) is 23.3 Å². The normalized spacial score (nSPS) is 11.8. The molecule has 0 bridgehead atoms. The molecule has 0 atom stereocenters. The van der Waals surface area contributed by atoms with E-state index < -0.39 is 38.5 Å². The first-order valence-corrected chi connectivity index (χ1v) is 11.5. The molecule has 14 heteroatoms. The van der Waals surface area contributed by atoms with Gasteiger partial charge in [0.1, 0.15) is 5.82 Å². The van der Waals surface area contributed by atoms with E-state index >= 15 is 0 Å². The van der Waals surface area contributed by atoms with Crippen LogP contribution in [0.2, 0.25) is 0 Å². The first kappa shape index (κ1) is 23.5. The topological polar surface area (TPSA) is 180 Å². The first-order valence-electron chi connectivity index (χ1n) is 8.46. The number of rotatable bonds is 9. The molecule has 12 nitrogen and oxygen atoms in total. The van der Waals surface area contributed by atoms with Crippen LogP contribution in [0.15, 0.2) is 40.4 Å². The first-order chi connectivity index (χ1) is 13.9. The molecule has 2 aromatic rings. The number of carbonyl (C=O) groups excluding carboxylic acids is 2. The maximum Gasteiger partial charge on any atom is 0.307 e. The number of sulfonamides is 2. The van der Waals surface area contributed by atoms with E-state index in [9.17, 15) is 26.4 Å². The summed E-state index contributed by atoms with van der Waals surface area (Å²) in [4.78, 5) is 27.3. The Kier molecular flexibility index (Phi) is 7.30. The molecule has 2 rings (SSSR count). The summed E-state index contributed by atoms with van der Waals surface area (Å²) in [7, 11) is -6.06. The Bertz CT molecular complexity index is 1120. The molecule has 0 radical (unpaired) electrons. The van der Waals surface area contributed by atoms with Gasteiger partial charge in [-0.3, -0.25) is 9.59 Å². The number of hydrogen-bond donors (Lipinski definition) is 3. The van der Waals surface area contributed by atoms with Crippen LogP contribution in [-0.4, -0.2) is 51.4 Å². The zero-order valence-corrected chi connectivity index (χ0v) is 17.8. The summed E-state index contributed by atoms with van der Waals surface area (Å²) in [6, 6.07) is 5.08. The van der Waals surface area contributed by atoms with Crippen molar-refractivity contribution in [2.75, 3.05) is 18.5 Å². The number of nitrogens with two attached hydrogens (primary N) is 1. The molecular weight excluding hydrogens is 438 g/mol. The number of nitrogens with one attached hydrogen (secondary N) is 2. The van der Waals surface area contributed by atoms with Crippen LogP contribution in [0, 0.1) is 6.92 Å². The average molecular weight is 460 g/mol. The van der Waals surface area contributed by atoms with Gasteiger partial charge in [0.05, 0.1) is 11.3 Å². The number of anilines is 1. The van der Waals surface area contributed by atoms with E-state index in [1.54, 1.807) is 18.5 Å². The van der Waals surface area contributed by atoms with Crippen molar-refractivity contribution < 1.29 is 31.2 Å². The number of aryl methyl sites for hydroxylation is 2. The minimum absolute atomic E-state index is 0.116. The quantitative estimate of drug-likeness (QED) is 0.409. The van der Waals surface area contributed by atoms with Gasteiger partial charge in [0.25, 0.3) is 15.9 Å². The summed E-state index contributed by atoms with van der Waals surface area (Å²) in [5, 5.41) is 7.22. The Labute approximate surface area is 173 Å². The van der Waals surface area contributed by atoms with Crippen LogP contribution in [0.25, 0.3) is 0 Å². The third kappa shape index (κ3) is 6.62. The lowest BCUT2D eigenvalue weighted by Crippen LogP contribution is -2.28. The molecule has 4 N–H and O–H groups in total. The summed E-state index contributed by atoms with van der Waals surface area (Å²) in [5.41, 5.74) is 0.280. The number of esters is 1. The van der Waals surface area contributed by atoms with Crippen LogP contribution >= 0.6 is 0 Å². The monoisotopic (exact) mass is 459 g/mol. The fourth-order valence-corrected chi connectivity index (χ4v) is 3.74. The molecule has 0 saturated heterocycles. The van der Waals surface area contributed by atoms with Crippen molar-refractivity contribution in [3.63, 3.8) is 0 Å². The lowest BCUT2D eigenvalue weighted by Gasteiger charge is -2.08. The van der Waals surface area contributed by atoms with Crippen LogP contribution in [0.3, 0.4) is 0 Å². The lowest BCUT2D eigenvalue weighted by atomic mass is 10.3. The molecule has 164 valence electrons. The highest BCUT2D eigenvalue weighted by Crippen LogP contribution is 2.12. The fourth-order valence-electron chi connectivity index (χ4n) is 2.16. The number of hydrogen-bond acceptors (Lipinski definition) is 8. The van der Waals surface area contributed by atoms with Crippen LogP contribution in [0.4, 0.5) is 5.69 Å². The number of imidazole rings is 1. The molecule has 0 unspecified atom stereocenters. The van der Waals surface area contributed by atoms with Gasteiger partial charge in [-0.25, -0.2) is 31.7 Å². The van der Waals surface area contributed by atoms with Gasteiger partial charge in [0.15, 0.2) is 11.6 Å². The van der Waals surface area contributed by atoms with Gasteiger partial charge in [-0.05, 0) is 31.2 Å². The number of nitrogens with zero attached hydrogens (tertiary/aromatic N) is 2. The lowest BCUT2D eigenvalue weighted by molar-refractivity contribution is -0.147. The fraction of sp³-hybridized carbons (Fsp3) is 0.312. The number of aromatic nitrogens is 2. The summed E-state index contributed by atoms with van der Waals surface area (Å²) in [5.74, 6) is -0.925. The minimum Gasteiger partial charge on any atom is -0.456 e. The van der Waals surface area contributed by atoms with Crippen molar-refractivity contribution in [1.82, 2.24) is 14.3 Å². The molecule has 1 aromatic carbocycles. The minimum atomic E-state index is -3.86. The van der Waals surface area contributed by atoms with E-state index in [1.165, 1.54) is 30.5 Å². The second-order valence-corrected chi connectivity index (χ2v) is 9.44. The third-order valence-electron chi connectivity index (χ3n) is 3.81. The van der Waals surface area contributed by atoms with E-state index in [-0.39, 0.29) is 28.6 Å². The highest BCUT2D eigenvalue weighted by molar-refractivity contribution is 7.89. The molecule has 30 heavy (non-hydrogen) atoms. The maximum atomic E-state index is 12.1. The predicted molar refractivity (Wildman–Crippen MR) is 105 cm³/mol. The van der Waals surface area contributed by atoms with Gasteiger partial charge in [0, 0.05) is 25.5 Å². The van der Waals surface area contributed by atoms with E-state index in [1.807, 2.05) is 0 Å². The summed E-state index contributed by atoms with van der Waals surface area (Å²) in [6.07, 6.45) is 1.05. The van der Waals surface area contributed by atoms with Crippen molar-refractivity contribution >= 4 is 37.6 Å². The highest BCUT2D eigenvalue weighted by Gasteiger charge is 2.19. The predicted octanol–water partition coefficient (Wildman–Crippen LogP) is -0.774. The number of carbonyl (C=O) groups is 2. The number of primary sulfonamides is 1. The Morgan fingerprint density at radius 3 is 2.33 bits per heavy atom. The highest BCUT2D eigenvalue weighted by atomic mass is 32.2. The average Bonchev–Trinajstić information content (AvgIpc) is 2.99. The van der Waals surface area contributed by atoms with Crippen molar-refractivity contribution in [3.8, 4) is 0 Å². The summed E-state index contributed by atoms with van der Waals surface area (Å²) < 4.78 is 55.1. The van der Waals surface area contributed by atoms with E-state index in [4.69, 9.17) is 9.88 Å². The van der Waals surface area contributed by atoms with Crippen LogP contribution in [0.1, 0.15) is 12.2 Å². The number of amides is 1. The summed E-state index contributed by atoms with van der Waals surface area (Å²) in [6.45, 7) is 0.825. The third-order valence-corrected chi connectivity index (χ3v) is 6.07. The molecule has 0 fully saturated rings. The van der Waals surface area contributed by atoms with Gasteiger partial charge in [-0.1, -0.05) is 0 Å². The van der Waals surface area contributed by atoms with Gasteiger partial charge in [-0.2, -0.15) is 0 Å². The maximum absolute atomic E-state index is 12.1. The SMILES string of the molecule is Cc1nc(S(=O)(=O)NCCC(=O)OCC(=O)Nc2ccc(S(N)(=O)=O)cc2)cn1C. The molecule has 0 saturated carbocycles. The largest absolute Gasteiger partial charge is 0.456 e.